The van der Waals surface area contributed by atoms with Crippen molar-refractivity contribution >= 4 is 23.5 Å². The van der Waals surface area contributed by atoms with E-state index in [4.69, 9.17) is 18.9 Å². The molecule has 0 bridgehead atoms. The molecule has 180 valence electrons. The van der Waals surface area contributed by atoms with Crippen LogP contribution in [0.1, 0.15) is 22.8 Å². The van der Waals surface area contributed by atoms with Crippen molar-refractivity contribution in [3.05, 3.63) is 53.6 Å². The molecule has 2 aromatic rings. The van der Waals surface area contributed by atoms with Gasteiger partial charge >= 0.3 is 5.97 Å². The molecular formula is C25H28N2O7. The fraction of sp³-hybridized carbons (Fsp3) is 0.400. The van der Waals surface area contributed by atoms with Crippen molar-refractivity contribution in [1.82, 2.24) is 4.90 Å². The third-order valence-electron chi connectivity index (χ3n) is 5.90. The topological polar surface area (TPSA) is 94.6 Å². The second-order valence-electron chi connectivity index (χ2n) is 8.06. The van der Waals surface area contributed by atoms with E-state index in [0.717, 1.165) is 17.7 Å². The summed E-state index contributed by atoms with van der Waals surface area (Å²) < 4.78 is 21.7. The average Bonchev–Trinajstić information content (AvgIpc) is 3.31. The number of anilines is 1. The van der Waals surface area contributed by atoms with Crippen molar-refractivity contribution < 1.29 is 33.3 Å². The van der Waals surface area contributed by atoms with E-state index >= 15 is 0 Å². The Hall–Kier alpha value is -3.59. The van der Waals surface area contributed by atoms with Gasteiger partial charge in [-0.2, -0.15) is 0 Å². The number of hydrogen-bond acceptors (Lipinski definition) is 7. The van der Waals surface area contributed by atoms with Gasteiger partial charge in [0.15, 0.2) is 24.2 Å². The number of para-hydroxylation sites is 1. The Morgan fingerprint density at radius 3 is 2.56 bits per heavy atom. The Balaban J connectivity index is 1.36. The van der Waals surface area contributed by atoms with Crippen LogP contribution in [0.15, 0.2) is 42.5 Å². The molecule has 2 aliphatic rings. The molecule has 0 saturated carbocycles. The van der Waals surface area contributed by atoms with Gasteiger partial charge in [0.05, 0.1) is 25.9 Å². The Bertz CT molecular complexity index is 1060. The van der Waals surface area contributed by atoms with Crippen molar-refractivity contribution in [2.24, 2.45) is 0 Å². The fourth-order valence-electron chi connectivity index (χ4n) is 4.02. The molecule has 1 fully saturated rings. The van der Waals surface area contributed by atoms with Gasteiger partial charge in [0, 0.05) is 25.3 Å². The molecule has 2 heterocycles. The van der Waals surface area contributed by atoms with E-state index in [1.54, 1.807) is 22.8 Å². The number of rotatable bonds is 7. The van der Waals surface area contributed by atoms with Crippen molar-refractivity contribution in [1.29, 1.82) is 0 Å². The quantitative estimate of drug-likeness (QED) is 0.574. The first-order valence-corrected chi connectivity index (χ1v) is 11.2. The number of morpholine rings is 1. The number of carbonyl (C=O) groups is 3. The van der Waals surface area contributed by atoms with Crippen LogP contribution < -0.4 is 14.4 Å². The van der Waals surface area contributed by atoms with Crippen LogP contribution in [0.2, 0.25) is 0 Å². The Labute approximate surface area is 198 Å². The number of benzene rings is 2. The Morgan fingerprint density at radius 2 is 1.79 bits per heavy atom. The third-order valence-corrected chi connectivity index (χ3v) is 5.90. The van der Waals surface area contributed by atoms with Gasteiger partial charge < -0.3 is 28.7 Å². The van der Waals surface area contributed by atoms with E-state index in [2.05, 4.69) is 0 Å². The fourth-order valence-corrected chi connectivity index (χ4v) is 4.02. The van der Waals surface area contributed by atoms with Crippen LogP contribution >= 0.6 is 0 Å². The maximum absolute atomic E-state index is 12.9. The number of esters is 1. The largest absolute Gasteiger partial charge is 0.493 e. The van der Waals surface area contributed by atoms with Gasteiger partial charge in [0.1, 0.15) is 0 Å². The van der Waals surface area contributed by atoms with Crippen molar-refractivity contribution in [2.45, 2.75) is 19.4 Å². The molecule has 0 aliphatic carbocycles. The molecule has 2 aromatic carbocycles. The lowest BCUT2D eigenvalue weighted by Crippen LogP contribution is -2.43. The first-order chi connectivity index (χ1) is 16.5. The summed E-state index contributed by atoms with van der Waals surface area (Å²) in [7, 11) is 1.44. The second kappa shape index (κ2) is 10.6. The van der Waals surface area contributed by atoms with Gasteiger partial charge in [0.25, 0.3) is 11.8 Å². The highest BCUT2D eigenvalue weighted by molar-refractivity contribution is 6.00. The zero-order valence-corrected chi connectivity index (χ0v) is 19.3. The average molecular weight is 469 g/mol. The lowest BCUT2D eigenvalue weighted by molar-refractivity contribution is -0.137. The normalized spacial score (nSPS) is 15.9. The maximum Gasteiger partial charge on any atom is 0.339 e. The van der Waals surface area contributed by atoms with Gasteiger partial charge in [-0.3, -0.25) is 9.59 Å². The monoisotopic (exact) mass is 468 g/mol. The SMILES string of the molecule is COc1cc(C(=O)OC(C)C(=O)N2CCc3ccccc32)ccc1OCC(=O)N1CCOCC1. The minimum Gasteiger partial charge on any atom is -0.493 e. The molecule has 2 aliphatic heterocycles. The molecule has 4 rings (SSSR count). The summed E-state index contributed by atoms with van der Waals surface area (Å²) in [5, 5.41) is 0. The molecule has 0 N–H and O–H groups in total. The van der Waals surface area contributed by atoms with Crippen LogP contribution in [0, 0.1) is 0 Å². The first-order valence-electron chi connectivity index (χ1n) is 11.2. The van der Waals surface area contributed by atoms with E-state index in [9.17, 15) is 14.4 Å². The summed E-state index contributed by atoms with van der Waals surface area (Å²) in [4.78, 5) is 41.2. The van der Waals surface area contributed by atoms with Crippen LogP contribution in [0.3, 0.4) is 0 Å². The van der Waals surface area contributed by atoms with Crippen LogP contribution in [-0.2, 0) is 25.5 Å². The van der Waals surface area contributed by atoms with Gasteiger partial charge in [-0.05, 0) is 43.2 Å². The predicted molar refractivity (Wildman–Crippen MR) is 123 cm³/mol. The molecule has 1 atom stereocenters. The number of nitrogens with zero attached hydrogens (tertiary/aromatic N) is 2. The Kier molecular flexibility index (Phi) is 7.32. The predicted octanol–water partition coefficient (Wildman–Crippen LogP) is 2.07. The summed E-state index contributed by atoms with van der Waals surface area (Å²) >= 11 is 0. The van der Waals surface area contributed by atoms with E-state index in [-0.39, 0.29) is 29.7 Å². The third kappa shape index (κ3) is 5.14. The number of hydrogen-bond donors (Lipinski definition) is 0. The van der Waals surface area contributed by atoms with Gasteiger partial charge in [-0.15, -0.1) is 0 Å². The zero-order valence-electron chi connectivity index (χ0n) is 19.3. The van der Waals surface area contributed by atoms with Crippen LogP contribution in [-0.4, -0.2) is 75.4 Å². The van der Waals surface area contributed by atoms with Gasteiger partial charge in [-0.25, -0.2) is 4.79 Å². The highest BCUT2D eigenvalue weighted by Gasteiger charge is 2.30. The summed E-state index contributed by atoms with van der Waals surface area (Å²) in [6.07, 6.45) is -0.179. The number of methoxy groups -OCH3 is 1. The van der Waals surface area contributed by atoms with E-state index in [1.165, 1.54) is 19.2 Å². The molecule has 1 saturated heterocycles. The van der Waals surface area contributed by atoms with E-state index in [0.29, 0.717) is 38.6 Å². The van der Waals surface area contributed by atoms with Crippen molar-refractivity contribution in [3.8, 4) is 11.5 Å². The second-order valence-corrected chi connectivity index (χ2v) is 8.06. The smallest absolute Gasteiger partial charge is 0.339 e. The van der Waals surface area contributed by atoms with Gasteiger partial charge in [-0.1, -0.05) is 18.2 Å². The zero-order chi connectivity index (χ0) is 24.1. The Morgan fingerprint density at radius 1 is 1.03 bits per heavy atom. The molecule has 0 spiro atoms. The maximum atomic E-state index is 12.9. The highest BCUT2D eigenvalue weighted by atomic mass is 16.5. The minimum absolute atomic E-state index is 0.148. The lowest BCUT2D eigenvalue weighted by Gasteiger charge is -2.26. The molecule has 0 radical (unpaired) electrons. The molecule has 9 heteroatoms. The summed E-state index contributed by atoms with van der Waals surface area (Å²) in [6.45, 7) is 4.06. The number of carbonyl (C=O) groups excluding carboxylic acids is 3. The molecular weight excluding hydrogens is 440 g/mol. The lowest BCUT2D eigenvalue weighted by atomic mass is 10.2. The van der Waals surface area contributed by atoms with Crippen LogP contribution in [0.5, 0.6) is 11.5 Å². The van der Waals surface area contributed by atoms with Crippen molar-refractivity contribution in [2.75, 3.05) is 51.5 Å². The molecule has 1 unspecified atom stereocenters. The number of fused-ring (bicyclic) bond motifs is 1. The van der Waals surface area contributed by atoms with Crippen molar-refractivity contribution in [3.63, 3.8) is 0 Å². The molecule has 9 nitrogen and oxygen atoms in total. The summed E-state index contributed by atoms with van der Waals surface area (Å²) in [5.74, 6) is -0.450. The summed E-state index contributed by atoms with van der Waals surface area (Å²) in [5.41, 5.74) is 2.16. The molecule has 34 heavy (non-hydrogen) atoms. The van der Waals surface area contributed by atoms with Crippen LogP contribution in [0.25, 0.3) is 0 Å². The minimum atomic E-state index is -0.952. The molecule has 2 amide bonds. The van der Waals surface area contributed by atoms with E-state index in [1.807, 2.05) is 24.3 Å². The summed E-state index contributed by atoms with van der Waals surface area (Å²) in [6, 6.07) is 12.2. The number of ether oxygens (including phenoxy) is 4. The van der Waals surface area contributed by atoms with Crippen LogP contribution in [0.4, 0.5) is 5.69 Å². The standard InChI is InChI=1S/C25H28N2O7/c1-17(24(29)27-10-9-18-5-3-4-6-20(18)27)34-25(30)19-7-8-21(22(15-19)31-2)33-16-23(28)26-11-13-32-14-12-26/h3-8,15,17H,9-14,16H2,1-2H3. The highest BCUT2D eigenvalue weighted by Crippen LogP contribution is 2.30. The molecule has 0 aromatic heterocycles. The number of amides is 2. The van der Waals surface area contributed by atoms with E-state index < -0.39 is 12.1 Å². The van der Waals surface area contributed by atoms with Gasteiger partial charge in [0.2, 0.25) is 0 Å². The first kappa shape index (κ1) is 23.6.